The average molecular weight is 387 g/mol. The third-order valence-corrected chi connectivity index (χ3v) is 4.75. The fourth-order valence-corrected chi connectivity index (χ4v) is 3.40. The number of methoxy groups -OCH3 is 1. The number of benzene rings is 3. The van der Waals surface area contributed by atoms with E-state index in [-0.39, 0.29) is 6.61 Å². The van der Waals surface area contributed by atoms with Crippen molar-refractivity contribution in [3.8, 4) is 11.5 Å². The summed E-state index contributed by atoms with van der Waals surface area (Å²) < 4.78 is 16.5. The summed E-state index contributed by atoms with van der Waals surface area (Å²) >= 11 is 0. The van der Waals surface area contributed by atoms with Crippen LogP contribution in [0.15, 0.2) is 66.7 Å². The minimum absolute atomic E-state index is 0.138. The van der Waals surface area contributed by atoms with E-state index >= 15 is 0 Å². The first-order valence-corrected chi connectivity index (χ1v) is 9.45. The van der Waals surface area contributed by atoms with E-state index in [2.05, 4.69) is 0 Å². The van der Waals surface area contributed by atoms with Gasteiger partial charge in [-0.15, -0.1) is 0 Å². The van der Waals surface area contributed by atoms with Gasteiger partial charge in [-0.2, -0.15) is 0 Å². The summed E-state index contributed by atoms with van der Waals surface area (Å²) in [5.41, 5.74) is 3.04. The number of fused-ring (bicyclic) bond motifs is 2. The van der Waals surface area contributed by atoms with Gasteiger partial charge in [0.25, 0.3) is 0 Å². The Kier molecular flexibility index (Phi) is 5.29. The van der Waals surface area contributed by atoms with Gasteiger partial charge in [-0.1, -0.05) is 36.4 Å². The second-order valence-corrected chi connectivity index (χ2v) is 6.50. The number of esters is 1. The van der Waals surface area contributed by atoms with Gasteiger partial charge in [-0.05, 0) is 31.2 Å². The summed E-state index contributed by atoms with van der Waals surface area (Å²) in [6, 6.07) is 20.8. The molecule has 0 aliphatic carbocycles. The third-order valence-electron chi connectivity index (χ3n) is 4.75. The maximum atomic E-state index is 12.8. The van der Waals surface area contributed by atoms with Crippen LogP contribution >= 0.6 is 0 Å². The Hall–Kier alpha value is -3.60. The Morgan fingerprint density at radius 2 is 1.59 bits per heavy atom. The van der Waals surface area contributed by atoms with Crippen LogP contribution in [0.5, 0.6) is 11.5 Å². The van der Waals surface area contributed by atoms with Gasteiger partial charge in [-0.3, -0.25) is 0 Å². The number of para-hydroxylation sites is 2. The highest BCUT2D eigenvalue weighted by Crippen LogP contribution is 2.29. The van der Waals surface area contributed by atoms with Gasteiger partial charge in [0.1, 0.15) is 23.7 Å². The van der Waals surface area contributed by atoms with Gasteiger partial charge in [-0.25, -0.2) is 9.78 Å². The molecule has 146 valence electrons. The van der Waals surface area contributed by atoms with E-state index in [1.165, 1.54) is 7.11 Å². The molecule has 0 unspecified atom stereocenters. The summed E-state index contributed by atoms with van der Waals surface area (Å²) in [6.07, 6.45) is 0. The molecule has 5 heteroatoms. The zero-order valence-corrected chi connectivity index (χ0v) is 16.3. The van der Waals surface area contributed by atoms with Crippen molar-refractivity contribution >= 4 is 27.8 Å². The monoisotopic (exact) mass is 387 g/mol. The fourth-order valence-electron chi connectivity index (χ4n) is 3.40. The quantitative estimate of drug-likeness (QED) is 0.338. The van der Waals surface area contributed by atoms with Crippen molar-refractivity contribution < 1.29 is 19.0 Å². The molecule has 0 fully saturated rings. The maximum Gasteiger partial charge on any atom is 0.342 e. The summed E-state index contributed by atoms with van der Waals surface area (Å²) in [7, 11) is 1.52. The number of carbonyl (C=O) groups excluding carboxylic acids is 1. The lowest BCUT2D eigenvalue weighted by molar-refractivity contribution is 0.0472. The highest BCUT2D eigenvalue weighted by molar-refractivity contribution is 5.98. The molecule has 1 heterocycles. The molecule has 29 heavy (non-hydrogen) atoms. The van der Waals surface area contributed by atoms with E-state index in [4.69, 9.17) is 19.2 Å². The molecule has 1 aromatic heterocycles. The van der Waals surface area contributed by atoms with Crippen molar-refractivity contribution in [3.05, 3.63) is 77.9 Å². The molecule has 4 rings (SSSR count). The van der Waals surface area contributed by atoms with Crippen LogP contribution in [0.25, 0.3) is 21.8 Å². The maximum absolute atomic E-state index is 12.8. The Morgan fingerprint density at radius 3 is 2.21 bits per heavy atom. The smallest absolute Gasteiger partial charge is 0.342 e. The topological polar surface area (TPSA) is 57.7 Å². The molecule has 5 nitrogen and oxygen atoms in total. The van der Waals surface area contributed by atoms with Gasteiger partial charge in [0.2, 0.25) is 0 Å². The number of nitrogens with zero attached hydrogens (tertiary/aromatic N) is 1. The third kappa shape index (κ3) is 3.72. The van der Waals surface area contributed by atoms with Crippen LogP contribution in [0.4, 0.5) is 0 Å². The zero-order valence-electron chi connectivity index (χ0n) is 16.3. The summed E-state index contributed by atoms with van der Waals surface area (Å²) in [5, 5.41) is 1.94. The molecule has 0 saturated heterocycles. The van der Waals surface area contributed by atoms with Gasteiger partial charge in [0.05, 0.1) is 24.8 Å². The number of hydrogen-bond acceptors (Lipinski definition) is 5. The minimum atomic E-state index is -0.449. The largest absolute Gasteiger partial charge is 0.496 e. The molecule has 0 saturated carbocycles. The first-order valence-electron chi connectivity index (χ1n) is 9.45. The van der Waals surface area contributed by atoms with Crippen LogP contribution in [-0.2, 0) is 11.3 Å². The lowest BCUT2D eigenvalue weighted by Crippen LogP contribution is -2.08. The lowest BCUT2D eigenvalue weighted by Gasteiger charge is -2.13. The highest BCUT2D eigenvalue weighted by Gasteiger charge is 2.17. The molecule has 0 amide bonds. The molecular weight excluding hydrogens is 366 g/mol. The standard InChI is InChI=1S/C24H21NO4/c1-3-28-16-12-13-19(23(14-16)27-2)24(26)29-15-20-17-8-4-6-10-21(17)25-22-11-7-5-9-18(20)22/h4-14H,3,15H2,1-2H3. The molecular formula is C24H21NO4. The number of hydrogen-bond donors (Lipinski definition) is 0. The Balaban J connectivity index is 1.67. The first-order chi connectivity index (χ1) is 14.2. The van der Waals surface area contributed by atoms with Crippen molar-refractivity contribution in [1.29, 1.82) is 0 Å². The van der Waals surface area contributed by atoms with Crippen molar-refractivity contribution in [2.45, 2.75) is 13.5 Å². The van der Waals surface area contributed by atoms with Crippen molar-refractivity contribution in [1.82, 2.24) is 4.98 Å². The van der Waals surface area contributed by atoms with Crippen LogP contribution in [0.3, 0.4) is 0 Å². The molecule has 0 N–H and O–H groups in total. The second kappa shape index (κ2) is 8.19. The molecule has 0 radical (unpaired) electrons. The highest BCUT2D eigenvalue weighted by atomic mass is 16.5. The van der Waals surface area contributed by atoms with Gasteiger partial charge in [0.15, 0.2) is 0 Å². The molecule has 0 spiro atoms. The van der Waals surface area contributed by atoms with Gasteiger partial charge < -0.3 is 14.2 Å². The van der Waals surface area contributed by atoms with E-state index in [9.17, 15) is 4.79 Å². The normalized spacial score (nSPS) is 10.8. The van der Waals surface area contributed by atoms with Crippen LogP contribution in [-0.4, -0.2) is 24.7 Å². The summed E-state index contributed by atoms with van der Waals surface area (Å²) in [5.74, 6) is 0.618. The minimum Gasteiger partial charge on any atom is -0.496 e. The zero-order chi connectivity index (χ0) is 20.2. The number of rotatable bonds is 6. The molecule has 0 aliphatic rings. The Bertz CT molecular complexity index is 1130. The van der Waals surface area contributed by atoms with Gasteiger partial charge >= 0.3 is 5.97 Å². The molecule has 4 aromatic rings. The fraction of sp³-hybridized carbons (Fsp3) is 0.167. The number of ether oxygens (including phenoxy) is 3. The predicted octanol–water partition coefficient (Wildman–Crippen LogP) is 5.15. The van der Waals surface area contributed by atoms with E-state index in [0.29, 0.717) is 23.7 Å². The summed E-state index contributed by atoms with van der Waals surface area (Å²) in [6.45, 7) is 2.58. The second-order valence-electron chi connectivity index (χ2n) is 6.50. The van der Waals surface area contributed by atoms with E-state index in [1.54, 1.807) is 18.2 Å². The lowest BCUT2D eigenvalue weighted by atomic mass is 10.0. The van der Waals surface area contributed by atoms with E-state index < -0.39 is 5.97 Å². The summed E-state index contributed by atoms with van der Waals surface area (Å²) in [4.78, 5) is 17.5. The van der Waals surface area contributed by atoms with Crippen LogP contribution in [0, 0.1) is 0 Å². The molecule has 0 aliphatic heterocycles. The number of carbonyl (C=O) groups is 1. The average Bonchev–Trinajstić information content (AvgIpc) is 2.76. The van der Waals surface area contributed by atoms with Crippen molar-refractivity contribution in [2.24, 2.45) is 0 Å². The predicted molar refractivity (Wildman–Crippen MR) is 113 cm³/mol. The van der Waals surface area contributed by atoms with Crippen LogP contribution in [0.2, 0.25) is 0 Å². The molecule has 3 aromatic carbocycles. The first kappa shape index (κ1) is 18.7. The van der Waals surface area contributed by atoms with Crippen LogP contribution in [0.1, 0.15) is 22.8 Å². The SMILES string of the molecule is CCOc1ccc(C(=O)OCc2c3ccccc3nc3ccccc23)c(OC)c1. The molecule has 0 bridgehead atoms. The van der Waals surface area contributed by atoms with E-state index in [1.807, 2.05) is 55.5 Å². The van der Waals surface area contributed by atoms with Crippen molar-refractivity contribution in [2.75, 3.05) is 13.7 Å². The molecule has 0 atom stereocenters. The van der Waals surface area contributed by atoms with Gasteiger partial charge in [0, 0.05) is 22.4 Å². The Labute approximate surface area is 168 Å². The Morgan fingerprint density at radius 1 is 0.931 bits per heavy atom. The van der Waals surface area contributed by atoms with Crippen molar-refractivity contribution in [3.63, 3.8) is 0 Å². The number of aromatic nitrogens is 1. The number of pyridine rings is 1. The van der Waals surface area contributed by atoms with Crippen LogP contribution < -0.4 is 9.47 Å². The van der Waals surface area contributed by atoms with E-state index in [0.717, 1.165) is 27.4 Å².